The lowest BCUT2D eigenvalue weighted by atomic mass is 9.63. The van der Waals surface area contributed by atoms with Gasteiger partial charge in [0, 0.05) is 5.56 Å². The molecule has 3 heteroatoms. The average Bonchev–Trinajstić information content (AvgIpc) is 2.73. The van der Waals surface area contributed by atoms with Gasteiger partial charge in [0.25, 0.3) is 0 Å². The molecule has 0 N–H and O–H groups in total. The average molecular weight is 429 g/mol. The maximum Gasteiger partial charge on any atom is 0.140 e. The Morgan fingerprint density at radius 1 is 0.935 bits per heavy atom. The summed E-state index contributed by atoms with van der Waals surface area (Å²) in [4.78, 5) is 0. The SMILES string of the molecule is C/C=C/CCc1cc(F)c2c(F)c([C@@H]3CC[C@@H]4CC(CCC)CCC4C3)c(F)cc2c1. The molecule has 2 unspecified atom stereocenters. The topological polar surface area (TPSA) is 0 Å². The summed E-state index contributed by atoms with van der Waals surface area (Å²) in [6, 6.07) is 4.52. The number of hydrogen-bond acceptors (Lipinski definition) is 0. The van der Waals surface area contributed by atoms with Gasteiger partial charge in [-0.25, -0.2) is 13.2 Å². The number of aryl methyl sites for hydroxylation is 1. The number of allylic oxidation sites excluding steroid dienone is 2. The fourth-order valence-corrected chi connectivity index (χ4v) is 6.34. The second-order valence-corrected chi connectivity index (χ2v) is 9.87. The van der Waals surface area contributed by atoms with Gasteiger partial charge in [-0.05, 0) is 98.6 Å². The van der Waals surface area contributed by atoms with E-state index in [-0.39, 0.29) is 16.9 Å². The number of hydrogen-bond donors (Lipinski definition) is 0. The van der Waals surface area contributed by atoms with Crippen LogP contribution in [0.5, 0.6) is 0 Å². The van der Waals surface area contributed by atoms with Gasteiger partial charge in [0.1, 0.15) is 17.5 Å². The van der Waals surface area contributed by atoms with Gasteiger partial charge in [0.05, 0.1) is 5.39 Å². The van der Waals surface area contributed by atoms with E-state index in [1.165, 1.54) is 44.2 Å². The minimum absolute atomic E-state index is 0.0417. The van der Waals surface area contributed by atoms with Crippen molar-refractivity contribution in [2.75, 3.05) is 0 Å². The van der Waals surface area contributed by atoms with Crippen LogP contribution in [0.2, 0.25) is 0 Å². The lowest BCUT2D eigenvalue weighted by molar-refractivity contribution is 0.112. The van der Waals surface area contributed by atoms with Crippen molar-refractivity contribution in [3.63, 3.8) is 0 Å². The molecule has 0 aliphatic heterocycles. The fourth-order valence-electron chi connectivity index (χ4n) is 6.34. The summed E-state index contributed by atoms with van der Waals surface area (Å²) in [7, 11) is 0. The van der Waals surface area contributed by atoms with Crippen LogP contribution in [0.25, 0.3) is 10.8 Å². The first-order chi connectivity index (χ1) is 15.0. The molecule has 2 aliphatic rings. The van der Waals surface area contributed by atoms with Crippen LogP contribution >= 0.6 is 0 Å². The van der Waals surface area contributed by atoms with Gasteiger partial charge in [0.2, 0.25) is 0 Å². The molecule has 2 aliphatic carbocycles. The van der Waals surface area contributed by atoms with Gasteiger partial charge in [-0.2, -0.15) is 0 Å². The van der Waals surface area contributed by atoms with E-state index in [9.17, 15) is 4.39 Å². The Hall–Kier alpha value is -1.77. The summed E-state index contributed by atoms with van der Waals surface area (Å²) >= 11 is 0. The zero-order chi connectivity index (χ0) is 22.0. The smallest absolute Gasteiger partial charge is 0.140 e. The molecule has 0 heterocycles. The van der Waals surface area contributed by atoms with Crippen molar-refractivity contribution in [2.45, 2.75) is 84.0 Å². The normalized spacial score (nSPS) is 26.5. The quantitative estimate of drug-likeness (QED) is 0.403. The molecule has 2 fully saturated rings. The third-order valence-electron chi connectivity index (χ3n) is 7.84. The van der Waals surface area contributed by atoms with Crippen molar-refractivity contribution < 1.29 is 13.2 Å². The molecule has 0 nitrogen and oxygen atoms in total. The molecule has 0 aromatic heterocycles. The van der Waals surface area contributed by atoms with Crippen molar-refractivity contribution in [2.24, 2.45) is 17.8 Å². The Balaban J connectivity index is 1.58. The molecule has 0 spiro atoms. The Kier molecular flexibility index (Phi) is 7.08. The van der Waals surface area contributed by atoms with E-state index >= 15 is 8.78 Å². The molecule has 4 atom stereocenters. The van der Waals surface area contributed by atoms with Crippen LogP contribution in [0, 0.1) is 35.2 Å². The molecule has 2 saturated carbocycles. The first-order valence-corrected chi connectivity index (χ1v) is 12.2. The van der Waals surface area contributed by atoms with Gasteiger partial charge in [-0.3, -0.25) is 0 Å². The van der Waals surface area contributed by atoms with Gasteiger partial charge in [0.15, 0.2) is 0 Å². The first kappa shape index (κ1) is 22.4. The molecular formula is C28H35F3. The van der Waals surface area contributed by atoms with Crippen molar-refractivity contribution in [3.05, 3.63) is 58.9 Å². The summed E-state index contributed by atoms with van der Waals surface area (Å²) in [5, 5.41) is 0.294. The highest BCUT2D eigenvalue weighted by atomic mass is 19.1. The van der Waals surface area contributed by atoms with E-state index in [4.69, 9.17) is 0 Å². The van der Waals surface area contributed by atoms with Gasteiger partial charge < -0.3 is 0 Å². The molecule has 0 bridgehead atoms. The zero-order valence-corrected chi connectivity index (χ0v) is 18.9. The predicted molar refractivity (Wildman–Crippen MR) is 123 cm³/mol. The maximum atomic E-state index is 15.5. The molecule has 2 aromatic carbocycles. The monoisotopic (exact) mass is 428 g/mol. The highest BCUT2D eigenvalue weighted by Gasteiger charge is 2.37. The van der Waals surface area contributed by atoms with Crippen molar-refractivity contribution in [1.29, 1.82) is 0 Å². The number of benzene rings is 2. The van der Waals surface area contributed by atoms with Crippen LogP contribution < -0.4 is 0 Å². The van der Waals surface area contributed by atoms with Crippen LogP contribution in [0.15, 0.2) is 30.4 Å². The zero-order valence-electron chi connectivity index (χ0n) is 18.9. The fraction of sp³-hybridized carbons (Fsp3) is 0.571. The largest absolute Gasteiger partial charge is 0.207 e. The minimum Gasteiger partial charge on any atom is -0.207 e. The molecule has 31 heavy (non-hydrogen) atoms. The number of halogens is 3. The molecule has 0 amide bonds. The number of rotatable bonds is 6. The first-order valence-electron chi connectivity index (χ1n) is 12.2. The highest BCUT2D eigenvalue weighted by molar-refractivity contribution is 5.85. The van der Waals surface area contributed by atoms with E-state index in [0.717, 1.165) is 37.2 Å². The Morgan fingerprint density at radius 2 is 1.71 bits per heavy atom. The lowest BCUT2D eigenvalue weighted by Gasteiger charge is -2.42. The maximum absolute atomic E-state index is 15.5. The Bertz CT molecular complexity index is 945. The van der Waals surface area contributed by atoms with Crippen molar-refractivity contribution in [1.82, 2.24) is 0 Å². The van der Waals surface area contributed by atoms with Crippen LogP contribution in [0.4, 0.5) is 13.2 Å². The van der Waals surface area contributed by atoms with E-state index in [2.05, 4.69) is 6.92 Å². The highest BCUT2D eigenvalue weighted by Crippen LogP contribution is 2.49. The summed E-state index contributed by atoms with van der Waals surface area (Å²) in [5.74, 6) is 0.203. The number of fused-ring (bicyclic) bond motifs is 2. The van der Waals surface area contributed by atoms with E-state index in [1.54, 1.807) is 6.07 Å². The molecule has 2 aromatic rings. The van der Waals surface area contributed by atoms with Gasteiger partial charge >= 0.3 is 0 Å². The van der Waals surface area contributed by atoms with Crippen LogP contribution in [-0.2, 0) is 6.42 Å². The van der Waals surface area contributed by atoms with Crippen molar-refractivity contribution in [3.8, 4) is 0 Å². The minimum atomic E-state index is -0.671. The van der Waals surface area contributed by atoms with Gasteiger partial charge in [-0.15, -0.1) is 0 Å². The van der Waals surface area contributed by atoms with Crippen LogP contribution in [0.3, 0.4) is 0 Å². The second-order valence-electron chi connectivity index (χ2n) is 9.87. The molecule has 4 rings (SSSR count). The summed E-state index contributed by atoms with van der Waals surface area (Å²) in [6.45, 7) is 4.19. The molecule has 0 radical (unpaired) electrons. The third-order valence-corrected chi connectivity index (χ3v) is 7.84. The molecule has 0 saturated heterocycles. The van der Waals surface area contributed by atoms with Crippen LogP contribution in [-0.4, -0.2) is 0 Å². The van der Waals surface area contributed by atoms with E-state index in [0.29, 0.717) is 23.6 Å². The second kappa shape index (κ2) is 9.79. The van der Waals surface area contributed by atoms with Crippen LogP contribution in [0.1, 0.15) is 88.7 Å². The van der Waals surface area contributed by atoms with E-state index < -0.39 is 17.5 Å². The standard InChI is InChI=1S/C28H35F3/c1-3-5-6-8-19-14-23-17-25(30)26(28(31)27(23)24(29)15-19)22-12-11-20-13-18(7-4-2)9-10-21(20)16-22/h3,5,14-15,17-18,20-22H,4,6-13,16H2,1-2H3/b5-3+/t18?,20-,21?,22-/m1/s1. The van der Waals surface area contributed by atoms with Gasteiger partial charge in [-0.1, -0.05) is 44.4 Å². The lowest BCUT2D eigenvalue weighted by Crippen LogP contribution is -2.31. The molecular weight excluding hydrogens is 393 g/mol. The summed E-state index contributed by atoms with van der Waals surface area (Å²) < 4.78 is 45.6. The predicted octanol–water partition coefficient (Wildman–Crippen LogP) is 8.87. The molecule has 168 valence electrons. The summed E-state index contributed by atoms with van der Waals surface area (Å²) in [6.07, 6.45) is 14.3. The van der Waals surface area contributed by atoms with E-state index in [1.807, 2.05) is 19.1 Å². The Labute approximate surface area is 184 Å². The Morgan fingerprint density at radius 3 is 2.48 bits per heavy atom. The third kappa shape index (κ3) is 4.71. The summed E-state index contributed by atoms with van der Waals surface area (Å²) in [5.41, 5.74) is 0.904. The van der Waals surface area contributed by atoms with Crippen molar-refractivity contribution >= 4 is 10.8 Å².